The van der Waals surface area contributed by atoms with Gasteiger partial charge < -0.3 is 14.4 Å². The van der Waals surface area contributed by atoms with Crippen LogP contribution in [0, 0.1) is 11.3 Å². The van der Waals surface area contributed by atoms with Crippen molar-refractivity contribution in [1.29, 1.82) is 5.26 Å². The van der Waals surface area contributed by atoms with Crippen LogP contribution in [0.1, 0.15) is 0 Å². The van der Waals surface area contributed by atoms with Crippen molar-refractivity contribution in [3.63, 3.8) is 0 Å². The van der Waals surface area contributed by atoms with E-state index in [9.17, 15) is 9.59 Å². The van der Waals surface area contributed by atoms with Gasteiger partial charge in [-0.15, -0.1) is 0 Å². The second-order valence-electron chi connectivity index (χ2n) is 3.19. The van der Waals surface area contributed by atoms with E-state index < -0.39 is 11.9 Å². The molecule has 0 fully saturated rings. The first-order chi connectivity index (χ1) is 7.90. The Morgan fingerprint density at radius 3 is 1.94 bits per heavy atom. The standard InChI is InChI=1S/C11H14N2O4/c1-7(10(14)16-4)9(11(15)17-5)8(6-12)13(2)3/h1H2,2-5H3. The molecule has 0 aliphatic heterocycles. The highest BCUT2D eigenvalue weighted by atomic mass is 16.5. The normalized spacial score (nSPS) is 10.8. The third-order valence-electron chi connectivity index (χ3n) is 1.91. The number of carbonyl (C=O) groups excluding carboxylic acids is 2. The first-order valence-corrected chi connectivity index (χ1v) is 4.58. The molecule has 0 aromatic heterocycles. The summed E-state index contributed by atoms with van der Waals surface area (Å²) in [7, 11) is 5.43. The maximum absolute atomic E-state index is 11.6. The highest BCUT2D eigenvalue weighted by Gasteiger charge is 2.25. The van der Waals surface area contributed by atoms with E-state index in [1.54, 1.807) is 14.1 Å². The fraction of sp³-hybridized carbons (Fsp3) is 0.364. The summed E-state index contributed by atoms with van der Waals surface area (Å²) >= 11 is 0. The molecule has 0 bridgehead atoms. The molecular weight excluding hydrogens is 224 g/mol. The zero-order valence-electron chi connectivity index (χ0n) is 10.2. The van der Waals surface area contributed by atoms with Gasteiger partial charge in [-0.3, -0.25) is 0 Å². The van der Waals surface area contributed by atoms with Crippen molar-refractivity contribution in [1.82, 2.24) is 4.90 Å². The summed E-state index contributed by atoms with van der Waals surface area (Å²) in [5.74, 6) is -1.61. The predicted molar refractivity (Wildman–Crippen MR) is 59.5 cm³/mol. The number of rotatable bonds is 4. The van der Waals surface area contributed by atoms with Crippen LogP contribution in [0.5, 0.6) is 0 Å². The number of nitrogens with zero attached hydrogens (tertiary/aromatic N) is 2. The maximum atomic E-state index is 11.6. The molecule has 0 aromatic carbocycles. The zero-order chi connectivity index (χ0) is 13.6. The van der Waals surface area contributed by atoms with Crippen LogP contribution in [0.25, 0.3) is 0 Å². The molecule has 92 valence electrons. The van der Waals surface area contributed by atoms with Gasteiger partial charge in [-0.1, -0.05) is 6.58 Å². The van der Waals surface area contributed by atoms with E-state index in [1.807, 2.05) is 6.07 Å². The molecule has 0 N–H and O–H groups in total. The smallest absolute Gasteiger partial charge is 0.341 e. The van der Waals surface area contributed by atoms with Crippen LogP contribution in [0.2, 0.25) is 0 Å². The fourth-order valence-electron chi connectivity index (χ4n) is 1.07. The molecule has 0 aliphatic rings. The largest absolute Gasteiger partial charge is 0.465 e. The number of nitriles is 1. The molecule has 0 radical (unpaired) electrons. The minimum absolute atomic E-state index is 0.0211. The van der Waals surface area contributed by atoms with Crippen LogP contribution in [0.15, 0.2) is 23.4 Å². The van der Waals surface area contributed by atoms with Crippen molar-refractivity contribution in [2.24, 2.45) is 0 Å². The molecule has 0 aromatic rings. The fourth-order valence-corrected chi connectivity index (χ4v) is 1.07. The van der Waals surface area contributed by atoms with Gasteiger partial charge in [0.2, 0.25) is 0 Å². The van der Waals surface area contributed by atoms with Gasteiger partial charge in [0.1, 0.15) is 17.3 Å². The second kappa shape index (κ2) is 6.33. The Hall–Kier alpha value is -2.29. The molecule has 0 heterocycles. The van der Waals surface area contributed by atoms with Crippen molar-refractivity contribution < 1.29 is 19.1 Å². The number of carbonyl (C=O) groups is 2. The van der Waals surface area contributed by atoms with Gasteiger partial charge in [0.25, 0.3) is 0 Å². The van der Waals surface area contributed by atoms with Crippen LogP contribution < -0.4 is 0 Å². The number of allylic oxidation sites excluding steroid dienone is 1. The first kappa shape index (κ1) is 14.7. The molecule has 0 unspecified atom stereocenters. The minimum atomic E-state index is -0.814. The number of hydrogen-bond acceptors (Lipinski definition) is 6. The number of hydrogen-bond donors (Lipinski definition) is 0. The summed E-state index contributed by atoms with van der Waals surface area (Å²) in [6, 6.07) is 1.81. The Balaban J connectivity index is 5.75. The van der Waals surface area contributed by atoms with Crippen molar-refractivity contribution in [2.75, 3.05) is 28.3 Å². The van der Waals surface area contributed by atoms with Crippen LogP contribution in [0.3, 0.4) is 0 Å². The monoisotopic (exact) mass is 238 g/mol. The molecule has 0 atom stereocenters. The van der Waals surface area contributed by atoms with Crippen LogP contribution in [-0.4, -0.2) is 45.2 Å². The number of esters is 2. The molecule has 6 nitrogen and oxygen atoms in total. The van der Waals surface area contributed by atoms with E-state index in [2.05, 4.69) is 16.1 Å². The molecule has 0 amide bonds. The van der Waals surface area contributed by atoms with E-state index in [1.165, 1.54) is 4.90 Å². The van der Waals surface area contributed by atoms with E-state index >= 15 is 0 Å². The molecule has 0 rings (SSSR count). The van der Waals surface area contributed by atoms with Crippen LogP contribution >= 0.6 is 0 Å². The Bertz CT molecular complexity index is 416. The van der Waals surface area contributed by atoms with Gasteiger partial charge in [0, 0.05) is 14.1 Å². The Morgan fingerprint density at radius 2 is 1.65 bits per heavy atom. The lowest BCUT2D eigenvalue weighted by molar-refractivity contribution is -0.139. The lowest BCUT2D eigenvalue weighted by Gasteiger charge is -2.15. The molecule has 0 saturated heterocycles. The molecule has 0 spiro atoms. The average Bonchev–Trinajstić information content (AvgIpc) is 2.32. The highest BCUT2D eigenvalue weighted by Crippen LogP contribution is 2.17. The third-order valence-corrected chi connectivity index (χ3v) is 1.91. The average molecular weight is 238 g/mol. The summed E-state index contributed by atoms with van der Waals surface area (Å²) in [6.07, 6.45) is 0. The quantitative estimate of drug-likeness (QED) is 0.302. The summed E-state index contributed by atoms with van der Waals surface area (Å²) in [5, 5.41) is 8.96. The second-order valence-corrected chi connectivity index (χ2v) is 3.19. The van der Waals surface area contributed by atoms with Gasteiger partial charge >= 0.3 is 11.9 Å². The lowest BCUT2D eigenvalue weighted by Crippen LogP contribution is -2.21. The number of ether oxygens (including phenoxy) is 2. The molecule has 0 saturated carbocycles. The van der Waals surface area contributed by atoms with Gasteiger partial charge in [0.15, 0.2) is 0 Å². The van der Waals surface area contributed by atoms with Gasteiger partial charge in [0.05, 0.1) is 19.8 Å². The highest BCUT2D eigenvalue weighted by molar-refractivity contribution is 6.07. The van der Waals surface area contributed by atoms with Crippen molar-refractivity contribution >= 4 is 11.9 Å². The van der Waals surface area contributed by atoms with Gasteiger partial charge in [-0.25, -0.2) is 9.59 Å². The predicted octanol–water partition coefficient (Wildman–Crippen LogP) is 0.228. The maximum Gasteiger partial charge on any atom is 0.341 e. The molecule has 0 aliphatic carbocycles. The molecule has 6 heteroatoms. The Morgan fingerprint density at radius 1 is 1.18 bits per heavy atom. The summed E-state index contributed by atoms with van der Waals surface area (Å²) in [4.78, 5) is 24.3. The van der Waals surface area contributed by atoms with Gasteiger partial charge in [-0.2, -0.15) is 5.26 Å². The van der Waals surface area contributed by atoms with Gasteiger partial charge in [-0.05, 0) is 0 Å². The zero-order valence-corrected chi connectivity index (χ0v) is 10.2. The summed E-state index contributed by atoms with van der Waals surface area (Å²) in [5.41, 5.74) is -0.441. The Kier molecular flexibility index (Phi) is 5.47. The van der Waals surface area contributed by atoms with Crippen molar-refractivity contribution in [3.8, 4) is 6.07 Å². The molecular formula is C11H14N2O4. The first-order valence-electron chi connectivity index (χ1n) is 4.58. The molecule has 17 heavy (non-hydrogen) atoms. The van der Waals surface area contributed by atoms with E-state index in [-0.39, 0.29) is 16.8 Å². The van der Waals surface area contributed by atoms with E-state index in [4.69, 9.17) is 5.26 Å². The lowest BCUT2D eigenvalue weighted by atomic mass is 10.1. The topological polar surface area (TPSA) is 79.6 Å². The van der Waals surface area contributed by atoms with Crippen molar-refractivity contribution in [2.45, 2.75) is 0 Å². The SMILES string of the molecule is C=C(C(=O)OC)C(C(=O)OC)=C(C#N)N(C)C. The summed E-state index contributed by atoms with van der Waals surface area (Å²) < 4.78 is 8.97. The number of methoxy groups -OCH3 is 2. The minimum Gasteiger partial charge on any atom is -0.465 e. The van der Waals surface area contributed by atoms with Crippen LogP contribution in [0.4, 0.5) is 0 Å². The summed E-state index contributed by atoms with van der Waals surface area (Å²) in [6.45, 7) is 3.44. The van der Waals surface area contributed by atoms with Crippen molar-refractivity contribution in [3.05, 3.63) is 23.4 Å². The van der Waals surface area contributed by atoms with E-state index in [0.717, 1.165) is 14.2 Å². The third kappa shape index (κ3) is 3.34. The Labute approximate surface area is 99.7 Å². The van der Waals surface area contributed by atoms with E-state index in [0.29, 0.717) is 0 Å². The van der Waals surface area contributed by atoms with Crippen LogP contribution in [-0.2, 0) is 19.1 Å².